The van der Waals surface area contributed by atoms with Crippen molar-refractivity contribution in [3.8, 4) is 17.0 Å². The maximum absolute atomic E-state index is 13.6. The second-order valence-corrected chi connectivity index (χ2v) is 7.60. The number of imidazole rings is 1. The summed E-state index contributed by atoms with van der Waals surface area (Å²) >= 11 is 0. The number of H-pyrrole nitrogens is 1. The number of aryl methyl sites for hydroxylation is 1. The molecule has 1 fully saturated rings. The van der Waals surface area contributed by atoms with E-state index >= 15 is 0 Å². The van der Waals surface area contributed by atoms with Crippen LogP contribution in [-0.4, -0.2) is 53.1 Å². The lowest BCUT2D eigenvalue weighted by atomic mass is 10.0. The predicted molar refractivity (Wildman–Crippen MR) is 118 cm³/mol. The number of nitrogens with zero attached hydrogens (tertiary/aromatic N) is 2. The summed E-state index contributed by atoms with van der Waals surface area (Å²) in [6.45, 7) is 3.07. The Bertz CT molecular complexity index is 870. The van der Waals surface area contributed by atoms with E-state index in [1.807, 2.05) is 14.0 Å². The van der Waals surface area contributed by atoms with Crippen molar-refractivity contribution in [2.75, 3.05) is 26.8 Å². The molecule has 2 heterocycles. The zero-order chi connectivity index (χ0) is 23.7. The van der Waals surface area contributed by atoms with Gasteiger partial charge in [-0.25, -0.2) is 4.98 Å². The molecule has 0 spiro atoms. The third-order valence-electron chi connectivity index (χ3n) is 5.36. The first-order valence-corrected chi connectivity index (χ1v) is 10.7. The number of aromatic nitrogens is 2. The van der Waals surface area contributed by atoms with Crippen molar-refractivity contribution < 1.29 is 23.0 Å². The lowest BCUT2D eigenvalue weighted by Crippen LogP contribution is -2.18. The molecule has 1 atom stereocenters. The number of hydrogen-bond donors (Lipinski definition) is 4. The summed E-state index contributed by atoms with van der Waals surface area (Å²) in [5.74, 6) is 0.623. The molecule has 0 bridgehead atoms. The number of rotatable bonds is 8. The highest BCUT2D eigenvalue weighted by atomic mass is 19.4. The number of benzene rings is 1. The summed E-state index contributed by atoms with van der Waals surface area (Å²) in [5.41, 5.74) is 5.42. The van der Waals surface area contributed by atoms with Crippen LogP contribution in [0.15, 0.2) is 18.2 Å². The van der Waals surface area contributed by atoms with E-state index in [0.717, 1.165) is 43.3 Å². The highest BCUT2D eigenvalue weighted by molar-refractivity contribution is 5.65. The molecule has 1 saturated heterocycles. The first kappa shape index (κ1) is 25.7. The average molecular weight is 456 g/mol. The molecule has 1 aliphatic heterocycles. The van der Waals surface area contributed by atoms with Crippen molar-refractivity contribution in [2.24, 2.45) is 5.73 Å². The van der Waals surface area contributed by atoms with Crippen LogP contribution in [0.3, 0.4) is 0 Å². The van der Waals surface area contributed by atoms with Gasteiger partial charge in [0, 0.05) is 17.9 Å². The third kappa shape index (κ3) is 6.46. The number of ether oxygens (including phenoxy) is 1. The summed E-state index contributed by atoms with van der Waals surface area (Å²) in [4.78, 5) is 10.2. The summed E-state index contributed by atoms with van der Waals surface area (Å²) in [7, 11) is 2.04. The van der Waals surface area contributed by atoms with E-state index in [4.69, 9.17) is 15.3 Å². The largest absolute Gasteiger partial charge is 0.493 e. The van der Waals surface area contributed by atoms with Crippen LogP contribution in [-0.2, 0) is 12.6 Å². The normalized spacial score (nSPS) is 16.5. The van der Waals surface area contributed by atoms with E-state index in [0.29, 0.717) is 30.5 Å². The molecule has 1 aromatic carbocycles. The Hall–Kier alpha value is -2.59. The first-order valence-electron chi connectivity index (χ1n) is 10.7. The van der Waals surface area contributed by atoms with Crippen LogP contribution in [0.1, 0.15) is 55.7 Å². The quantitative estimate of drug-likeness (QED) is 0.272. The molecule has 7 nitrogen and oxygen atoms in total. The highest BCUT2D eigenvalue weighted by Crippen LogP contribution is 2.40. The maximum Gasteiger partial charge on any atom is 0.419 e. The van der Waals surface area contributed by atoms with Crippen molar-refractivity contribution in [2.45, 2.75) is 51.2 Å². The molecule has 0 saturated carbocycles. The van der Waals surface area contributed by atoms with Crippen LogP contribution in [0.5, 0.6) is 5.75 Å². The lowest BCUT2D eigenvalue weighted by molar-refractivity contribution is -0.138. The lowest BCUT2D eigenvalue weighted by Gasteiger charge is -2.16. The van der Waals surface area contributed by atoms with E-state index in [1.54, 1.807) is 6.07 Å². The Balaban J connectivity index is 0.00000114. The number of halogens is 3. The molecule has 1 aromatic heterocycles. The van der Waals surface area contributed by atoms with E-state index in [1.165, 1.54) is 6.07 Å². The maximum atomic E-state index is 13.6. The molecule has 10 heteroatoms. The number of aromatic amines is 1. The zero-order valence-electron chi connectivity index (χ0n) is 18.5. The van der Waals surface area contributed by atoms with Gasteiger partial charge < -0.3 is 20.6 Å². The number of alkyl halides is 3. The van der Waals surface area contributed by atoms with E-state index < -0.39 is 11.7 Å². The standard InChI is InChI=1S/C21H28F3N3O2.CH4N2/c1-3-16-19(26-20(25-16)17-7-6-10-27(17)2)14-8-9-18(29-12-5-4-11-28)15(13-14)21(22,23)24;2-1-3/h8-9,13,17,28H,3-7,10-12H2,1-2H3,(H,25,26);1H,(H3,2,3). The molecule has 1 aliphatic rings. The van der Waals surface area contributed by atoms with Gasteiger partial charge in [0.05, 0.1) is 30.2 Å². The number of nitrogens with one attached hydrogen (secondary N) is 2. The zero-order valence-corrected chi connectivity index (χ0v) is 18.5. The first-order chi connectivity index (χ1) is 15.3. The van der Waals surface area contributed by atoms with Gasteiger partial charge >= 0.3 is 6.18 Å². The fourth-order valence-electron chi connectivity index (χ4n) is 3.76. The van der Waals surface area contributed by atoms with Gasteiger partial charge in [0.2, 0.25) is 0 Å². The van der Waals surface area contributed by atoms with Gasteiger partial charge in [-0.3, -0.25) is 10.3 Å². The van der Waals surface area contributed by atoms with Crippen molar-refractivity contribution in [1.82, 2.24) is 14.9 Å². The van der Waals surface area contributed by atoms with Gasteiger partial charge in [-0.2, -0.15) is 13.2 Å². The third-order valence-corrected chi connectivity index (χ3v) is 5.36. The summed E-state index contributed by atoms with van der Waals surface area (Å²) < 4.78 is 46.3. The van der Waals surface area contributed by atoms with Crippen molar-refractivity contribution in [3.05, 3.63) is 35.3 Å². The average Bonchev–Trinajstić information content (AvgIpc) is 3.37. The summed E-state index contributed by atoms with van der Waals surface area (Å²) in [5, 5.41) is 14.7. The Morgan fingerprint density at radius 3 is 2.66 bits per heavy atom. The van der Waals surface area contributed by atoms with Crippen molar-refractivity contribution in [3.63, 3.8) is 0 Å². The second kappa shape index (κ2) is 11.9. The molecular weight excluding hydrogens is 423 g/mol. The molecule has 3 rings (SSSR count). The Morgan fingerprint density at radius 2 is 2.09 bits per heavy atom. The number of likely N-dealkylation sites (tertiary alicyclic amines) is 1. The smallest absolute Gasteiger partial charge is 0.419 e. The molecule has 178 valence electrons. The Kier molecular flexibility index (Phi) is 9.52. The number of aliphatic hydroxyl groups is 1. The van der Waals surface area contributed by atoms with Gasteiger partial charge in [0.15, 0.2) is 0 Å². The van der Waals surface area contributed by atoms with Crippen LogP contribution in [0.25, 0.3) is 11.3 Å². The molecule has 32 heavy (non-hydrogen) atoms. The molecule has 0 amide bonds. The highest BCUT2D eigenvalue weighted by Gasteiger charge is 2.35. The molecule has 0 radical (unpaired) electrons. The Morgan fingerprint density at radius 1 is 1.38 bits per heavy atom. The fourth-order valence-corrected chi connectivity index (χ4v) is 3.76. The topological polar surface area (TPSA) is 111 Å². The number of unbranched alkanes of at least 4 members (excludes halogenated alkanes) is 1. The van der Waals surface area contributed by atoms with Crippen LogP contribution in [0, 0.1) is 5.41 Å². The van der Waals surface area contributed by atoms with Crippen LogP contribution in [0.2, 0.25) is 0 Å². The molecular formula is C22H32F3N5O2. The number of hydrogen-bond acceptors (Lipinski definition) is 5. The minimum atomic E-state index is -4.53. The van der Waals surface area contributed by atoms with Crippen molar-refractivity contribution >= 4 is 6.34 Å². The summed E-state index contributed by atoms with van der Waals surface area (Å²) in [6, 6.07) is 4.30. The van der Waals surface area contributed by atoms with Crippen molar-refractivity contribution in [1.29, 1.82) is 5.41 Å². The minimum Gasteiger partial charge on any atom is -0.493 e. The molecule has 2 aromatic rings. The molecule has 0 aliphatic carbocycles. The van der Waals surface area contributed by atoms with Gasteiger partial charge in [-0.05, 0) is 63.9 Å². The number of nitrogens with two attached hydrogens (primary N) is 1. The minimum absolute atomic E-state index is 0.00804. The van der Waals surface area contributed by atoms with Crippen LogP contribution < -0.4 is 10.5 Å². The van der Waals surface area contributed by atoms with Crippen LogP contribution >= 0.6 is 0 Å². The SMILES string of the molecule is CCc1[nH]c(C2CCCN2C)nc1-c1ccc(OCCCCO)c(C(F)(F)F)c1.N=CN. The molecule has 5 N–H and O–H groups in total. The monoisotopic (exact) mass is 455 g/mol. The second-order valence-electron chi connectivity index (χ2n) is 7.60. The molecule has 1 unspecified atom stereocenters. The van der Waals surface area contributed by atoms with E-state index in [2.05, 4.69) is 20.6 Å². The Labute approximate surface area is 186 Å². The van der Waals surface area contributed by atoms with E-state index in [-0.39, 0.29) is 25.0 Å². The number of aliphatic hydroxyl groups excluding tert-OH is 1. The van der Waals surface area contributed by atoms with Gasteiger partial charge in [-0.1, -0.05) is 6.92 Å². The predicted octanol–water partition coefficient (Wildman–Crippen LogP) is 4.13. The van der Waals surface area contributed by atoms with Crippen LogP contribution in [0.4, 0.5) is 13.2 Å². The fraction of sp³-hybridized carbons (Fsp3) is 0.545. The van der Waals surface area contributed by atoms with Gasteiger partial charge in [0.1, 0.15) is 11.6 Å². The summed E-state index contributed by atoms with van der Waals surface area (Å²) in [6.07, 6.45) is -0.0720. The van der Waals surface area contributed by atoms with E-state index in [9.17, 15) is 13.2 Å². The van der Waals surface area contributed by atoms with Gasteiger partial charge in [0.25, 0.3) is 0 Å². The van der Waals surface area contributed by atoms with Gasteiger partial charge in [-0.15, -0.1) is 0 Å².